The number of carbonyl (C=O) groups excluding carboxylic acids is 2. The van der Waals surface area contributed by atoms with Crippen LogP contribution in [0.25, 0.3) is 0 Å². The summed E-state index contributed by atoms with van der Waals surface area (Å²) in [5.41, 5.74) is 5.58. The van der Waals surface area contributed by atoms with Gasteiger partial charge in [-0.1, -0.05) is 0 Å². The fraction of sp³-hybridized carbons (Fsp3) is 0.333. The van der Waals surface area contributed by atoms with Gasteiger partial charge in [0.2, 0.25) is 5.91 Å². The number of amides is 2. The molecule has 10 heteroatoms. The normalized spacial score (nSPS) is 14.7. The van der Waals surface area contributed by atoms with Crippen LogP contribution in [0, 0.1) is 0 Å². The minimum absolute atomic E-state index is 0.0834. The molecule has 2 heterocycles. The van der Waals surface area contributed by atoms with Crippen LogP contribution in [0.1, 0.15) is 17.7 Å². The maximum atomic E-state index is 12.5. The molecule has 28 heavy (non-hydrogen) atoms. The highest BCUT2D eigenvalue weighted by Gasteiger charge is 2.28. The molecule has 0 saturated carbocycles. The van der Waals surface area contributed by atoms with E-state index in [2.05, 4.69) is 5.32 Å². The predicted octanol–water partition coefficient (Wildman–Crippen LogP) is 1.58. The first-order valence-corrected chi connectivity index (χ1v) is 11.0. The van der Waals surface area contributed by atoms with Gasteiger partial charge in [-0.05, 0) is 49.2 Å². The molecule has 2 aromatic rings. The molecule has 0 spiro atoms. The van der Waals surface area contributed by atoms with E-state index in [4.69, 9.17) is 10.5 Å². The number of primary amides is 1. The van der Waals surface area contributed by atoms with Crippen molar-refractivity contribution in [2.24, 2.45) is 5.73 Å². The fourth-order valence-corrected chi connectivity index (χ4v) is 5.83. The number of hydrogen-bond donors (Lipinski definition) is 2. The summed E-state index contributed by atoms with van der Waals surface area (Å²) in [6, 6.07) is 9.76. The number of carbonyl (C=O) groups is 2. The molecule has 0 unspecified atom stereocenters. The number of rotatable bonds is 8. The number of hydrogen-bond acceptors (Lipinski definition) is 6. The lowest BCUT2D eigenvalue weighted by Crippen LogP contribution is -2.27. The van der Waals surface area contributed by atoms with Crippen LogP contribution in [-0.2, 0) is 26.0 Å². The number of benzene rings is 1. The number of nitrogens with one attached hydrogen (secondary N) is 1. The van der Waals surface area contributed by atoms with E-state index in [0.29, 0.717) is 29.4 Å². The molecule has 1 saturated heterocycles. The van der Waals surface area contributed by atoms with Crippen molar-refractivity contribution in [3.05, 3.63) is 41.3 Å². The third-order valence-electron chi connectivity index (χ3n) is 4.15. The van der Waals surface area contributed by atoms with E-state index in [0.717, 1.165) is 24.2 Å². The van der Waals surface area contributed by atoms with E-state index in [1.807, 2.05) is 0 Å². The summed E-state index contributed by atoms with van der Waals surface area (Å²) in [5.74, 6) is -0.357. The molecule has 1 fully saturated rings. The molecule has 0 atom stereocenters. The molecule has 1 aliphatic heterocycles. The zero-order chi connectivity index (χ0) is 20.1. The van der Waals surface area contributed by atoms with Gasteiger partial charge in [0, 0.05) is 23.7 Å². The number of nitrogens with zero attached hydrogens (tertiary/aromatic N) is 1. The Morgan fingerprint density at radius 3 is 2.43 bits per heavy atom. The van der Waals surface area contributed by atoms with E-state index in [9.17, 15) is 18.0 Å². The number of ether oxygens (including phenoxy) is 1. The zero-order valence-corrected chi connectivity index (χ0v) is 16.7. The van der Waals surface area contributed by atoms with Crippen LogP contribution in [0.2, 0.25) is 0 Å². The van der Waals surface area contributed by atoms with E-state index >= 15 is 0 Å². The van der Waals surface area contributed by atoms with Crippen molar-refractivity contribution < 1.29 is 22.7 Å². The maximum Gasteiger partial charge on any atom is 0.255 e. The van der Waals surface area contributed by atoms with Crippen LogP contribution in [-0.4, -0.2) is 44.2 Å². The molecular formula is C18H21N3O5S2. The van der Waals surface area contributed by atoms with Gasteiger partial charge < -0.3 is 15.8 Å². The summed E-state index contributed by atoms with van der Waals surface area (Å²) in [7, 11) is -3.46. The number of nitrogens with two attached hydrogens (primary N) is 1. The maximum absolute atomic E-state index is 12.5. The lowest BCUT2D eigenvalue weighted by atomic mass is 10.2. The van der Waals surface area contributed by atoms with Crippen LogP contribution in [0.15, 0.2) is 40.6 Å². The smallest absolute Gasteiger partial charge is 0.255 e. The van der Waals surface area contributed by atoms with Crippen molar-refractivity contribution in [2.45, 2.75) is 23.5 Å². The summed E-state index contributed by atoms with van der Waals surface area (Å²) >= 11 is 1.12. The van der Waals surface area contributed by atoms with Crippen LogP contribution in [0.4, 0.5) is 5.69 Å². The standard InChI is InChI=1S/C18H21N3O5S2/c19-16(22)12-26-14-5-3-13(4-6-14)20-17(23)11-15-7-8-18(27-15)28(24,25)21-9-1-2-10-21/h3-8H,1-2,9-12H2,(H2,19,22)(H,20,23). The minimum atomic E-state index is -3.46. The Morgan fingerprint density at radius 2 is 1.79 bits per heavy atom. The second-order valence-electron chi connectivity index (χ2n) is 6.34. The largest absolute Gasteiger partial charge is 0.484 e. The van der Waals surface area contributed by atoms with Crippen molar-refractivity contribution >= 4 is 38.9 Å². The minimum Gasteiger partial charge on any atom is -0.484 e. The highest BCUT2D eigenvalue weighted by Crippen LogP contribution is 2.27. The van der Waals surface area contributed by atoms with Crippen molar-refractivity contribution in [1.82, 2.24) is 4.31 Å². The molecule has 150 valence electrons. The Kier molecular flexibility index (Phi) is 6.32. The van der Waals surface area contributed by atoms with Gasteiger partial charge in [-0.25, -0.2) is 8.42 Å². The quantitative estimate of drug-likeness (QED) is 0.668. The highest BCUT2D eigenvalue weighted by atomic mass is 32.2. The van der Waals surface area contributed by atoms with Crippen molar-refractivity contribution in [3.8, 4) is 5.75 Å². The first kappa shape index (κ1) is 20.3. The third kappa shape index (κ3) is 5.09. The molecular weight excluding hydrogens is 402 g/mol. The van der Waals surface area contributed by atoms with E-state index in [-0.39, 0.29) is 23.1 Å². The SMILES string of the molecule is NC(=O)COc1ccc(NC(=O)Cc2ccc(S(=O)(=O)N3CCCC3)s2)cc1. The molecule has 0 aliphatic carbocycles. The summed E-state index contributed by atoms with van der Waals surface area (Å²) in [6.45, 7) is 0.886. The molecule has 8 nitrogen and oxygen atoms in total. The molecule has 2 amide bonds. The second kappa shape index (κ2) is 8.72. The van der Waals surface area contributed by atoms with Gasteiger partial charge in [0.25, 0.3) is 15.9 Å². The second-order valence-corrected chi connectivity index (χ2v) is 9.67. The number of thiophene rings is 1. The molecule has 1 aromatic heterocycles. The molecule has 0 radical (unpaired) electrons. The molecule has 0 bridgehead atoms. The van der Waals surface area contributed by atoms with E-state index in [1.165, 1.54) is 4.31 Å². The van der Waals surface area contributed by atoms with Gasteiger partial charge in [-0.3, -0.25) is 9.59 Å². The Bertz CT molecular complexity index is 948. The van der Waals surface area contributed by atoms with E-state index < -0.39 is 15.9 Å². The predicted molar refractivity (Wildman–Crippen MR) is 106 cm³/mol. The van der Waals surface area contributed by atoms with Gasteiger partial charge in [-0.2, -0.15) is 4.31 Å². The molecule has 3 N–H and O–H groups in total. The van der Waals surface area contributed by atoms with Crippen LogP contribution < -0.4 is 15.8 Å². The van der Waals surface area contributed by atoms with Crippen molar-refractivity contribution in [1.29, 1.82) is 0 Å². The lowest BCUT2D eigenvalue weighted by Gasteiger charge is -2.13. The third-order valence-corrected chi connectivity index (χ3v) is 7.60. The van der Waals surface area contributed by atoms with Gasteiger partial charge in [0.05, 0.1) is 6.42 Å². The Hall–Kier alpha value is -2.43. The highest BCUT2D eigenvalue weighted by molar-refractivity contribution is 7.91. The van der Waals surface area contributed by atoms with Crippen LogP contribution >= 0.6 is 11.3 Å². The topological polar surface area (TPSA) is 119 Å². The van der Waals surface area contributed by atoms with Gasteiger partial charge in [0.15, 0.2) is 6.61 Å². The summed E-state index contributed by atoms with van der Waals surface area (Å²) in [4.78, 5) is 23.6. The summed E-state index contributed by atoms with van der Waals surface area (Å²) in [6.07, 6.45) is 1.85. The Morgan fingerprint density at radius 1 is 1.11 bits per heavy atom. The van der Waals surface area contributed by atoms with Crippen molar-refractivity contribution in [2.75, 3.05) is 25.0 Å². The molecule has 3 rings (SSSR count). The van der Waals surface area contributed by atoms with Crippen LogP contribution in [0.5, 0.6) is 5.75 Å². The fourth-order valence-electron chi connectivity index (χ4n) is 2.80. The number of anilines is 1. The first-order valence-electron chi connectivity index (χ1n) is 8.74. The Labute approximate surface area is 167 Å². The monoisotopic (exact) mass is 423 g/mol. The van der Waals surface area contributed by atoms with E-state index in [1.54, 1.807) is 36.4 Å². The average molecular weight is 424 g/mol. The van der Waals surface area contributed by atoms with Crippen LogP contribution in [0.3, 0.4) is 0 Å². The molecule has 1 aliphatic rings. The first-order chi connectivity index (χ1) is 13.3. The van der Waals surface area contributed by atoms with Gasteiger partial charge >= 0.3 is 0 Å². The van der Waals surface area contributed by atoms with Crippen molar-refractivity contribution in [3.63, 3.8) is 0 Å². The Balaban J connectivity index is 1.56. The van der Waals surface area contributed by atoms with Gasteiger partial charge in [-0.15, -0.1) is 11.3 Å². The average Bonchev–Trinajstić information content (AvgIpc) is 3.33. The molecule has 1 aromatic carbocycles. The number of sulfonamides is 1. The lowest BCUT2D eigenvalue weighted by molar-refractivity contribution is -0.120. The summed E-state index contributed by atoms with van der Waals surface area (Å²) < 4.78 is 32.0. The zero-order valence-electron chi connectivity index (χ0n) is 15.1. The summed E-state index contributed by atoms with van der Waals surface area (Å²) in [5, 5.41) is 2.75. The van der Waals surface area contributed by atoms with Gasteiger partial charge in [0.1, 0.15) is 9.96 Å².